The molecule has 0 aromatic rings. The number of hydrogen-bond donors (Lipinski definition) is 1. The van der Waals surface area contributed by atoms with Crippen LogP contribution in [0.25, 0.3) is 0 Å². The Balaban J connectivity index is 2.09. The second kappa shape index (κ2) is 8.03. The molecule has 4 heteroatoms. The van der Waals surface area contributed by atoms with Gasteiger partial charge in [0.15, 0.2) is 0 Å². The predicted octanol–water partition coefficient (Wildman–Crippen LogP) is 0.637. The Morgan fingerprint density at radius 2 is 2.18 bits per heavy atom. The van der Waals surface area contributed by atoms with Gasteiger partial charge < -0.3 is 19.9 Å². The Morgan fingerprint density at radius 1 is 1.41 bits per heavy atom. The summed E-state index contributed by atoms with van der Waals surface area (Å²) in [4.78, 5) is 4.90. The van der Waals surface area contributed by atoms with Crippen molar-refractivity contribution in [3.8, 4) is 0 Å². The highest BCUT2D eigenvalue weighted by Gasteiger charge is 2.22. The van der Waals surface area contributed by atoms with Crippen LogP contribution in [0.1, 0.15) is 20.3 Å². The van der Waals surface area contributed by atoms with Gasteiger partial charge in [0.2, 0.25) is 0 Å². The van der Waals surface area contributed by atoms with Crippen LogP contribution in [0.5, 0.6) is 0 Å². The van der Waals surface area contributed by atoms with E-state index in [0.717, 1.165) is 19.7 Å². The van der Waals surface area contributed by atoms with Gasteiger partial charge in [0.05, 0.1) is 6.61 Å². The molecule has 1 saturated heterocycles. The van der Waals surface area contributed by atoms with Crippen molar-refractivity contribution >= 4 is 0 Å². The van der Waals surface area contributed by atoms with Crippen LogP contribution in [-0.4, -0.2) is 75.4 Å². The van der Waals surface area contributed by atoms with E-state index in [1.165, 1.54) is 26.1 Å². The van der Waals surface area contributed by atoms with E-state index in [2.05, 4.69) is 36.0 Å². The molecule has 0 aliphatic carbocycles. The lowest BCUT2D eigenvalue weighted by Crippen LogP contribution is -2.38. The lowest BCUT2D eigenvalue weighted by atomic mass is 10.2. The Kier molecular flexibility index (Phi) is 7.04. The van der Waals surface area contributed by atoms with Gasteiger partial charge in [-0.2, -0.15) is 0 Å². The fourth-order valence-electron chi connectivity index (χ4n) is 2.31. The summed E-state index contributed by atoms with van der Waals surface area (Å²) in [7, 11) is 3.93. The van der Waals surface area contributed by atoms with Gasteiger partial charge in [-0.25, -0.2) is 0 Å². The van der Waals surface area contributed by atoms with E-state index in [4.69, 9.17) is 4.74 Å². The molecule has 0 aromatic carbocycles. The predicted molar refractivity (Wildman–Crippen MR) is 72.5 cm³/mol. The van der Waals surface area contributed by atoms with Crippen molar-refractivity contribution in [1.29, 1.82) is 0 Å². The normalized spacial score (nSPS) is 21.9. The summed E-state index contributed by atoms with van der Waals surface area (Å²) in [5.74, 6) is 0. The number of nitrogens with zero attached hydrogens (tertiary/aromatic N) is 2. The first-order chi connectivity index (χ1) is 8.11. The maximum atomic E-state index is 5.08. The van der Waals surface area contributed by atoms with Crippen LogP contribution in [0.3, 0.4) is 0 Å². The van der Waals surface area contributed by atoms with Crippen molar-refractivity contribution in [1.82, 2.24) is 15.1 Å². The SMILES string of the molecule is COCCN(C)CCN1CCC(NC(C)C)C1. The molecule has 1 aliphatic rings. The highest BCUT2D eigenvalue weighted by atomic mass is 16.5. The number of ether oxygens (including phenoxy) is 1. The monoisotopic (exact) mass is 243 g/mol. The number of nitrogens with one attached hydrogen (secondary N) is 1. The lowest BCUT2D eigenvalue weighted by molar-refractivity contribution is 0.154. The van der Waals surface area contributed by atoms with Gasteiger partial charge in [-0.1, -0.05) is 13.8 Å². The lowest BCUT2D eigenvalue weighted by Gasteiger charge is -2.22. The number of likely N-dealkylation sites (tertiary alicyclic amines) is 1. The molecule has 17 heavy (non-hydrogen) atoms. The third-order valence-electron chi connectivity index (χ3n) is 3.32. The van der Waals surface area contributed by atoms with Gasteiger partial charge in [-0.05, 0) is 20.0 Å². The number of likely N-dealkylation sites (N-methyl/N-ethyl adjacent to an activating group) is 1. The maximum absolute atomic E-state index is 5.08. The van der Waals surface area contributed by atoms with Gasteiger partial charge in [-0.3, -0.25) is 0 Å². The second-order valence-electron chi connectivity index (χ2n) is 5.40. The van der Waals surface area contributed by atoms with Crippen LogP contribution < -0.4 is 5.32 Å². The first kappa shape index (κ1) is 14.9. The number of rotatable bonds is 8. The van der Waals surface area contributed by atoms with Crippen molar-refractivity contribution in [2.24, 2.45) is 0 Å². The topological polar surface area (TPSA) is 27.7 Å². The van der Waals surface area contributed by atoms with Gasteiger partial charge in [0.1, 0.15) is 0 Å². The molecular formula is C13H29N3O. The number of hydrogen-bond acceptors (Lipinski definition) is 4. The molecule has 0 spiro atoms. The molecule has 0 bridgehead atoms. The van der Waals surface area contributed by atoms with Crippen molar-refractivity contribution < 1.29 is 4.74 Å². The van der Waals surface area contributed by atoms with E-state index in [1.807, 2.05) is 0 Å². The van der Waals surface area contributed by atoms with Crippen molar-refractivity contribution in [3.05, 3.63) is 0 Å². The third-order valence-corrected chi connectivity index (χ3v) is 3.32. The molecule has 0 radical (unpaired) electrons. The highest BCUT2D eigenvalue weighted by Crippen LogP contribution is 2.09. The summed E-state index contributed by atoms with van der Waals surface area (Å²) in [6.07, 6.45) is 1.29. The Hall–Kier alpha value is -0.160. The van der Waals surface area contributed by atoms with Crippen LogP contribution in [-0.2, 0) is 4.74 Å². The van der Waals surface area contributed by atoms with E-state index in [1.54, 1.807) is 7.11 Å². The first-order valence-corrected chi connectivity index (χ1v) is 6.77. The van der Waals surface area contributed by atoms with Crippen LogP contribution >= 0.6 is 0 Å². The average Bonchev–Trinajstić information content (AvgIpc) is 2.70. The second-order valence-corrected chi connectivity index (χ2v) is 5.40. The van der Waals surface area contributed by atoms with Gasteiger partial charge in [0, 0.05) is 45.4 Å². The van der Waals surface area contributed by atoms with Crippen LogP contribution in [0, 0.1) is 0 Å². The fourth-order valence-corrected chi connectivity index (χ4v) is 2.31. The van der Waals surface area contributed by atoms with E-state index >= 15 is 0 Å². The molecule has 1 unspecified atom stereocenters. The fraction of sp³-hybridized carbons (Fsp3) is 1.00. The summed E-state index contributed by atoms with van der Waals surface area (Å²) in [6.45, 7) is 11.1. The standard InChI is InChI=1S/C13H29N3O/c1-12(2)14-13-5-6-16(11-13)8-7-15(3)9-10-17-4/h12-14H,5-11H2,1-4H3. The van der Waals surface area contributed by atoms with E-state index < -0.39 is 0 Å². The molecule has 1 aliphatic heterocycles. The van der Waals surface area contributed by atoms with E-state index in [0.29, 0.717) is 12.1 Å². The highest BCUT2D eigenvalue weighted by molar-refractivity contribution is 4.82. The van der Waals surface area contributed by atoms with Crippen LogP contribution in [0.15, 0.2) is 0 Å². The van der Waals surface area contributed by atoms with Crippen molar-refractivity contribution in [2.45, 2.75) is 32.4 Å². The molecule has 1 N–H and O–H groups in total. The minimum atomic E-state index is 0.601. The molecule has 1 heterocycles. The summed E-state index contributed by atoms with van der Waals surface area (Å²) in [6, 6.07) is 1.30. The zero-order valence-corrected chi connectivity index (χ0v) is 11.9. The largest absolute Gasteiger partial charge is 0.383 e. The Labute approximate surface area is 106 Å². The van der Waals surface area contributed by atoms with Gasteiger partial charge in [-0.15, -0.1) is 0 Å². The molecule has 1 atom stereocenters. The smallest absolute Gasteiger partial charge is 0.0589 e. The summed E-state index contributed by atoms with van der Waals surface area (Å²) < 4.78 is 5.08. The van der Waals surface area contributed by atoms with Crippen molar-refractivity contribution in [3.63, 3.8) is 0 Å². The van der Waals surface area contributed by atoms with E-state index in [-0.39, 0.29) is 0 Å². The molecule has 0 aromatic heterocycles. The minimum absolute atomic E-state index is 0.601. The number of methoxy groups -OCH3 is 1. The molecule has 102 valence electrons. The molecule has 0 saturated carbocycles. The van der Waals surface area contributed by atoms with Gasteiger partial charge >= 0.3 is 0 Å². The maximum Gasteiger partial charge on any atom is 0.0589 e. The van der Waals surface area contributed by atoms with Gasteiger partial charge in [0.25, 0.3) is 0 Å². The molecular weight excluding hydrogens is 214 g/mol. The van der Waals surface area contributed by atoms with E-state index in [9.17, 15) is 0 Å². The van der Waals surface area contributed by atoms with Crippen LogP contribution in [0.4, 0.5) is 0 Å². The molecule has 4 nitrogen and oxygen atoms in total. The average molecular weight is 243 g/mol. The minimum Gasteiger partial charge on any atom is -0.383 e. The summed E-state index contributed by atoms with van der Waals surface area (Å²) >= 11 is 0. The zero-order chi connectivity index (χ0) is 12.7. The summed E-state index contributed by atoms with van der Waals surface area (Å²) in [5.41, 5.74) is 0. The van der Waals surface area contributed by atoms with Crippen LogP contribution in [0.2, 0.25) is 0 Å². The quantitative estimate of drug-likeness (QED) is 0.677. The third kappa shape index (κ3) is 6.36. The molecule has 1 rings (SSSR count). The zero-order valence-electron chi connectivity index (χ0n) is 11.9. The Morgan fingerprint density at radius 3 is 2.82 bits per heavy atom. The van der Waals surface area contributed by atoms with Crippen molar-refractivity contribution in [2.75, 3.05) is 53.5 Å². The first-order valence-electron chi connectivity index (χ1n) is 6.77. The Bertz CT molecular complexity index is 199. The molecule has 1 fully saturated rings. The molecule has 0 amide bonds. The summed E-state index contributed by atoms with van der Waals surface area (Å²) in [5, 5.41) is 3.62.